The summed E-state index contributed by atoms with van der Waals surface area (Å²) in [5.74, 6) is -1.95. The molecular weight excluding hydrogens is 239 g/mol. The second kappa shape index (κ2) is 4.34. The second-order valence-corrected chi connectivity index (χ2v) is 4.35. The molecule has 0 amide bonds. The van der Waals surface area contributed by atoms with Crippen LogP contribution in [0.3, 0.4) is 0 Å². The number of carbonyl (C=O) groups is 1. The van der Waals surface area contributed by atoms with E-state index in [-0.39, 0.29) is 0 Å². The fraction of sp³-hybridized carbons (Fsp3) is 0.667. The Balaban J connectivity index is 2.65. The monoisotopic (exact) mass is 251 g/mol. The Bertz CT molecular complexity index is 406. The van der Waals surface area contributed by atoms with Crippen LogP contribution in [0.15, 0.2) is 6.33 Å². The van der Waals surface area contributed by atoms with Gasteiger partial charge in [-0.25, -0.2) is 9.67 Å². The zero-order chi connectivity index (χ0) is 13.3. The minimum atomic E-state index is -4.61. The van der Waals surface area contributed by atoms with E-state index in [0.717, 1.165) is 11.0 Å². The van der Waals surface area contributed by atoms with E-state index in [9.17, 15) is 18.0 Å². The van der Waals surface area contributed by atoms with Crippen molar-refractivity contribution < 1.29 is 22.7 Å². The van der Waals surface area contributed by atoms with Crippen molar-refractivity contribution in [3.8, 4) is 0 Å². The third-order valence-corrected chi connectivity index (χ3v) is 1.50. The lowest BCUT2D eigenvalue weighted by atomic mass is 10.2. The molecule has 17 heavy (non-hydrogen) atoms. The van der Waals surface area contributed by atoms with Gasteiger partial charge >= 0.3 is 12.1 Å². The second-order valence-electron chi connectivity index (χ2n) is 4.35. The van der Waals surface area contributed by atoms with Crippen molar-refractivity contribution in [2.45, 2.75) is 39.1 Å². The smallest absolute Gasteiger partial charge is 0.453 e. The summed E-state index contributed by atoms with van der Waals surface area (Å²) in [6, 6.07) is 0. The number of esters is 1. The largest absolute Gasteiger partial charge is 0.459 e. The maximum atomic E-state index is 12.2. The first kappa shape index (κ1) is 13.5. The number of hydrogen-bond acceptors (Lipinski definition) is 4. The predicted molar refractivity (Wildman–Crippen MR) is 50.9 cm³/mol. The van der Waals surface area contributed by atoms with Crippen molar-refractivity contribution in [2.75, 3.05) is 0 Å². The average Bonchev–Trinajstić information content (AvgIpc) is 2.47. The molecule has 0 unspecified atom stereocenters. The van der Waals surface area contributed by atoms with Crippen LogP contribution in [0.25, 0.3) is 0 Å². The van der Waals surface area contributed by atoms with Crippen LogP contribution in [0.4, 0.5) is 13.2 Å². The van der Waals surface area contributed by atoms with Crippen molar-refractivity contribution in [1.82, 2.24) is 14.8 Å². The van der Waals surface area contributed by atoms with Gasteiger partial charge in [0.15, 0.2) is 0 Å². The first-order valence-corrected chi connectivity index (χ1v) is 4.76. The summed E-state index contributed by atoms with van der Waals surface area (Å²) < 4.78 is 42.2. The standard InChI is InChI=1S/C9H12F3N3O2/c1-8(2,3)17-6(16)4-15-5-13-7(14-15)9(10,11)12/h5H,4H2,1-3H3. The van der Waals surface area contributed by atoms with Gasteiger partial charge < -0.3 is 4.74 Å². The van der Waals surface area contributed by atoms with E-state index in [2.05, 4.69) is 10.1 Å². The molecule has 1 heterocycles. The van der Waals surface area contributed by atoms with Crippen molar-refractivity contribution >= 4 is 5.97 Å². The van der Waals surface area contributed by atoms with Crippen LogP contribution < -0.4 is 0 Å². The van der Waals surface area contributed by atoms with E-state index in [1.807, 2.05) is 0 Å². The number of alkyl halides is 3. The predicted octanol–water partition coefficient (Wildman–Crippen LogP) is 1.64. The van der Waals surface area contributed by atoms with E-state index in [1.165, 1.54) is 0 Å². The van der Waals surface area contributed by atoms with Crippen LogP contribution in [0.1, 0.15) is 26.6 Å². The van der Waals surface area contributed by atoms with Crippen molar-refractivity contribution in [3.63, 3.8) is 0 Å². The molecular formula is C9H12F3N3O2. The molecule has 0 atom stereocenters. The third kappa shape index (κ3) is 4.41. The number of hydrogen-bond donors (Lipinski definition) is 0. The number of nitrogens with zero attached hydrogens (tertiary/aromatic N) is 3. The molecule has 0 aliphatic heterocycles. The summed E-state index contributed by atoms with van der Waals surface area (Å²) in [4.78, 5) is 14.4. The Morgan fingerprint density at radius 1 is 1.41 bits per heavy atom. The van der Waals surface area contributed by atoms with Gasteiger partial charge in [0, 0.05) is 0 Å². The molecule has 0 spiro atoms. The Morgan fingerprint density at radius 2 is 2.00 bits per heavy atom. The maximum Gasteiger partial charge on any atom is 0.453 e. The van der Waals surface area contributed by atoms with Gasteiger partial charge in [-0.1, -0.05) is 0 Å². The zero-order valence-electron chi connectivity index (χ0n) is 9.58. The summed E-state index contributed by atoms with van der Waals surface area (Å²) in [5, 5.41) is 3.13. The minimum absolute atomic E-state index is 0.402. The highest BCUT2D eigenvalue weighted by Gasteiger charge is 2.35. The molecule has 96 valence electrons. The molecule has 8 heteroatoms. The highest BCUT2D eigenvalue weighted by Crippen LogP contribution is 2.25. The molecule has 0 bridgehead atoms. The van der Waals surface area contributed by atoms with Gasteiger partial charge in [0.25, 0.3) is 5.82 Å². The van der Waals surface area contributed by atoms with Crippen molar-refractivity contribution in [1.29, 1.82) is 0 Å². The van der Waals surface area contributed by atoms with E-state index in [1.54, 1.807) is 20.8 Å². The average molecular weight is 251 g/mol. The van der Waals surface area contributed by atoms with Gasteiger partial charge in [0.05, 0.1) is 0 Å². The lowest BCUT2D eigenvalue weighted by molar-refractivity contribution is -0.156. The molecule has 0 aliphatic rings. The van der Waals surface area contributed by atoms with Gasteiger partial charge in [0.2, 0.25) is 0 Å². The van der Waals surface area contributed by atoms with Gasteiger partial charge in [0.1, 0.15) is 18.5 Å². The van der Waals surface area contributed by atoms with E-state index in [0.29, 0.717) is 0 Å². The Labute approximate surface area is 95.6 Å². The highest BCUT2D eigenvalue weighted by atomic mass is 19.4. The molecule has 5 nitrogen and oxygen atoms in total. The van der Waals surface area contributed by atoms with E-state index >= 15 is 0 Å². The lowest BCUT2D eigenvalue weighted by Gasteiger charge is -2.19. The molecule has 0 saturated carbocycles. The molecule has 0 radical (unpaired) electrons. The number of rotatable bonds is 2. The van der Waals surface area contributed by atoms with Crippen LogP contribution in [0.2, 0.25) is 0 Å². The first-order chi connectivity index (χ1) is 7.58. The Hall–Kier alpha value is -1.60. The van der Waals surface area contributed by atoms with Crippen molar-refractivity contribution in [3.05, 3.63) is 12.2 Å². The van der Waals surface area contributed by atoms with Crippen LogP contribution in [0, 0.1) is 0 Å². The Morgan fingerprint density at radius 3 is 2.41 bits per heavy atom. The molecule has 1 aromatic heterocycles. The molecule has 1 rings (SSSR count). The first-order valence-electron chi connectivity index (χ1n) is 4.76. The van der Waals surface area contributed by atoms with E-state index < -0.39 is 30.1 Å². The van der Waals surface area contributed by atoms with Gasteiger partial charge in [-0.3, -0.25) is 4.79 Å². The fourth-order valence-corrected chi connectivity index (χ4v) is 1.01. The summed E-state index contributed by atoms with van der Waals surface area (Å²) in [6.07, 6.45) is -3.77. The molecule has 0 fully saturated rings. The topological polar surface area (TPSA) is 57.0 Å². The van der Waals surface area contributed by atoms with Gasteiger partial charge in [-0.2, -0.15) is 13.2 Å². The SMILES string of the molecule is CC(C)(C)OC(=O)Cn1cnc(C(F)(F)F)n1. The maximum absolute atomic E-state index is 12.2. The number of ether oxygens (including phenoxy) is 1. The van der Waals surface area contributed by atoms with Crippen LogP contribution in [0.5, 0.6) is 0 Å². The minimum Gasteiger partial charge on any atom is -0.459 e. The summed E-state index contributed by atoms with van der Waals surface area (Å²) in [7, 11) is 0. The van der Waals surface area contributed by atoms with E-state index in [4.69, 9.17) is 4.74 Å². The van der Waals surface area contributed by atoms with Gasteiger partial charge in [-0.05, 0) is 20.8 Å². The lowest BCUT2D eigenvalue weighted by Crippen LogP contribution is -2.26. The normalized spacial score (nSPS) is 12.6. The summed E-state index contributed by atoms with van der Waals surface area (Å²) >= 11 is 0. The van der Waals surface area contributed by atoms with Crippen LogP contribution >= 0.6 is 0 Å². The highest BCUT2D eigenvalue weighted by molar-refractivity contribution is 5.69. The summed E-state index contributed by atoms with van der Waals surface area (Å²) in [6.45, 7) is 4.58. The molecule has 0 N–H and O–H groups in total. The Kier molecular flexibility index (Phi) is 3.44. The summed E-state index contributed by atoms with van der Waals surface area (Å²) in [5.41, 5.74) is -0.690. The quantitative estimate of drug-likeness (QED) is 0.750. The molecule has 0 saturated heterocycles. The molecule has 0 aliphatic carbocycles. The molecule has 0 aromatic carbocycles. The number of carbonyl (C=O) groups excluding carboxylic acids is 1. The number of halogens is 3. The fourth-order valence-electron chi connectivity index (χ4n) is 1.01. The number of aromatic nitrogens is 3. The van der Waals surface area contributed by atoms with Crippen molar-refractivity contribution in [2.24, 2.45) is 0 Å². The third-order valence-electron chi connectivity index (χ3n) is 1.50. The molecule has 1 aromatic rings. The van der Waals surface area contributed by atoms with Gasteiger partial charge in [-0.15, -0.1) is 5.10 Å². The zero-order valence-corrected chi connectivity index (χ0v) is 9.58. The van der Waals surface area contributed by atoms with Crippen LogP contribution in [-0.2, 0) is 22.3 Å². The van der Waals surface area contributed by atoms with Crippen LogP contribution in [-0.4, -0.2) is 26.3 Å².